The van der Waals surface area contributed by atoms with E-state index in [1.54, 1.807) is 18.7 Å². The molecule has 1 aliphatic carbocycles. The summed E-state index contributed by atoms with van der Waals surface area (Å²) >= 11 is 0. The molecule has 0 fully saturated rings. The molecule has 3 aromatic rings. The molecule has 2 heterocycles. The van der Waals surface area contributed by atoms with E-state index in [4.69, 9.17) is 5.73 Å². The molecule has 0 atom stereocenters. The Bertz CT molecular complexity index is 898. The first kappa shape index (κ1) is 15.4. The van der Waals surface area contributed by atoms with Gasteiger partial charge in [0, 0.05) is 24.3 Å². The highest BCUT2D eigenvalue weighted by Crippen LogP contribution is 2.24. The summed E-state index contributed by atoms with van der Waals surface area (Å²) in [5, 5.41) is 3.18. The van der Waals surface area contributed by atoms with Gasteiger partial charge in [-0.25, -0.2) is 15.0 Å². The smallest absolute Gasteiger partial charge is 0.193 e. The van der Waals surface area contributed by atoms with Crippen molar-refractivity contribution in [3.05, 3.63) is 71.9 Å². The van der Waals surface area contributed by atoms with Crippen molar-refractivity contribution >= 4 is 11.6 Å². The van der Waals surface area contributed by atoms with Crippen molar-refractivity contribution in [2.75, 3.05) is 5.32 Å². The summed E-state index contributed by atoms with van der Waals surface area (Å²) < 4.78 is 1.86. The third-order valence-electron chi connectivity index (χ3n) is 4.38. The van der Waals surface area contributed by atoms with Crippen LogP contribution in [0.15, 0.2) is 60.2 Å². The summed E-state index contributed by atoms with van der Waals surface area (Å²) in [6.45, 7) is 0.494. The SMILES string of the molecule is NC(=NCc1ccnc(-n2ccnc2)c1)Nc1ccc2c(c1)CCC2. The number of fused-ring (bicyclic) bond motifs is 1. The minimum absolute atomic E-state index is 0.416. The van der Waals surface area contributed by atoms with E-state index in [1.165, 1.54) is 24.0 Å². The highest BCUT2D eigenvalue weighted by molar-refractivity contribution is 5.92. The maximum absolute atomic E-state index is 6.04. The molecule has 1 aromatic carbocycles. The number of anilines is 1. The van der Waals surface area contributed by atoms with Gasteiger partial charge in [-0.15, -0.1) is 0 Å². The van der Waals surface area contributed by atoms with Gasteiger partial charge >= 0.3 is 0 Å². The van der Waals surface area contributed by atoms with Crippen LogP contribution >= 0.6 is 0 Å². The van der Waals surface area contributed by atoms with E-state index in [-0.39, 0.29) is 0 Å². The molecule has 0 aliphatic heterocycles. The molecule has 0 unspecified atom stereocenters. The number of hydrogen-bond acceptors (Lipinski definition) is 3. The Kier molecular flexibility index (Phi) is 4.16. The van der Waals surface area contributed by atoms with Crippen molar-refractivity contribution in [2.45, 2.75) is 25.8 Å². The second-order valence-electron chi connectivity index (χ2n) is 6.16. The van der Waals surface area contributed by atoms with Gasteiger partial charge in [0.2, 0.25) is 0 Å². The maximum atomic E-state index is 6.04. The summed E-state index contributed by atoms with van der Waals surface area (Å²) in [5.74, 6) is 1.23. The number of imidazole rings is 1. The predicted octanol–water partition coefficient (Wildman–Crippen LogP) is 2.68. The van der Waals surface area contributed by atoms with Crippen molar-refractivity contribution in [3.63, 3.8) is 0 Å². The molecule has 4 rings (SSSR count). The van der Waals surface area contributed by atoms with Crippen molar-refractivity contribution < 1.29 is 0 Å². The Morgan fingerprint density at radius 3 is 2.96 bits per heavy atom. The molecule has 0 bridgehead atoms. The average Bonchev–Trinajstić information content (AvgIpc) is 3.31. The second-order valence-corrected chi connectivity index (χ2v) is 6.16. The van der Waals surface area contributed by atoms with Crippen LogP contribution < -0.4 is 11.1 Å². The fraction of sp³-hybridized carbons (Fsp3) is 0.211. The van der Waals surface area contributed by atoms with Gasteiger partial charge in [0.05, 0.1) is 6.54 Å². The molecule has 0 saturated carbocycles. The predicted molar refractivity (Wildman–Crippen MR) is 98.8 cm³/mol. The van der Waals surface area contributed by atoms with Gasteiger partial charge in [-0.2, -0.15) is 0 Å². The highest BCUT2D eigenvalue weighted by atomic mass is 15.1. The molecule has 0 radical (unpaired) electrons. The second kappa shape index (κ2) is 6.76. The number of nitrogens with one attached hydrogen (secondary N) is 1. The normalized spacial score (nSPS) is 13.7. The number of nitrogens with two attached hydrogens (primary N) is 1. The Hall–Kier alpha value is -3.15. The standard InChI is InChI=1S/C19H20N6/c20-19(24-17-5-4-15-2-1-3-16(15)11-17)23-12-14-6-7-22-18(10-14)25-9-8-21-13-25/h4-11,13H,1-3,12H2,(H3,20,23,24). The van der Waals surface area contributed by atoms with E-state index >= 15 is 0 Å². The number of hydrogen-bond donors (Lipinski definition) is 2. The summed E-state index contributed by atoms with van der Waals surface area (Å²) in [6.07, 6.45) is 10.6. The molecule has 3 N–H and O–H groups in total. The number of aryl methyl sites for hydroxylation is 2. The van der Waals surface area contributed by atoms with Crippen LogP contribution in [0.5, 0.6) is 0 Å². The average molecular weight is 332 g/mol. The molecular formula is C19H20N6. The lowest BCUT2D eigenvalue weighted by atomic mass is 10.1. The van der Waals surface area contributed by atoms with Crippen LogP contribution in [0, 0.1) is 0 Å². The van der Waals surface area contributed by atoms with Crippen LogP contribution in [-0.2, 0) is 19.4 Å². The Labute approximate surface area is 146 Å². The van der Waals surface area contributed by atoms with Crippen molar-refractivity contribution in [1.82, 2.24) is 14.5 Å². The van der Waals surface area contributed by atoms with Crippen molar-refractivity contribution in [3.8, 4) is 5.82 Å². The van der Waals surface area contributed by atoms with Gasteiger partial charge in [0.25, 0.3) is 0 Å². The molecular weight excluding hydrogens is 312 g/mol. The van der Waals surface area contributed by atoms with Crippen molar-refractivity contribution in [2.24, 2.45) is 10.7 Å². The first-order valence-electron chi connectivity index (χ1n) is 8.40. The van der Waals surface area contributed by atoms with E-state index in [2.05, 4.69) is 38.5 Å². The number of aliphatic imine (C=N–C) groups is 1. The molecule has 25 heavy (non-hydrogen) atoms. The first-order valence-corrected chi connectivity index (χ1v) is 8.40. The highest BCUT2D eigenvalue weighted by Gasteiger charge is 2.10. The maximum Gasteiger partial charge on any atom is 0.193 e. The zero-order valence-corrected chi connectivity index (χ0v) is 13.9. The van der Waals surface area contributed by atoms with Crippen LogP contribution in [0.25, 0.3) is 5.82 Å². The molecule has 2 aromatic heterocycles. The summed E-state index contributed by atoms with van der Waals surface area (Å²) in [4.78, 5) is 12.8. The molecule has 0 amide bonds. The summed E-state index contributed by atoms with van der Waals surface area (Å²) in [5.41, 5.74) is 10.9. The number of benzene rings is 1. The van der Waals surface area contributed by atoms with Crippen molar-refractivity contribution in [1.29, 1.82) is 0 Å². The van der Waals surface area contributed by atoms with Gasteiger partial charge in [0.1, 0.15) is 12.1 Å². The largest absolute Gasteiger partial charge is 0.370 e. The van der Waals surface area contributed by atoms with Gasteiger partial charge in [0.15, 0.2) is 5.96 Å². The summed E-state index contributed by atoms with van der Waals surface area (Å²) in [6, 6.07) is 10.3. The molecule has 0 spiro atoms. The van der Waals surface area contributed by atoms with Crippen LogP contribution in [-0.4, -0.2) is 20.5 Å². The minimum atomic E-state index is 0.416. The van der Waals surface area contributed by atoms with Gasteiger partial charge in [-0.1, -0.05) is 6.07 Å². The number of rotatable bonds is 4. The van der Waals surface area contributed by atoms with Gasteiger partial charge in [-0.05, 0) is 60.2 Å². The monoisotopic (exact) mass is 332 g/mol. The van der Waals surface area contributed by atoms with E-state index in [9.17, 15) is 0 Å². The Balaban J connectivity index is 1.44. The first-order chi connectivity index (χ1) is 12.3. The molecule has 1 aliphatic rings. The fourth-order valence-corrected chi connectivity index (χ4v) is 3.11. The summed E-state index contributed by atoms with van der Waals surface area (Å²) in [7, 11) is 0. The van der Waals surface area contributed by atoms with Crippen LogP contribution in [0.4, 0.5) is 5.69 Å². The number of nitrogens with zero attached hydrogens (tertiary/aromatic N) is 4. The van der Waals surface area contributed by atoms with E-state index < -0.39 is 0 Å². The van der Waals surface area contributed by atoms with Gasteiger partial charge in [-0.3, -0.25) is 4.57 Å². The fourth-order valence-electron chi connectivity index (χ4n) is 3.11. The quantitative estimate of drug-likeness (QED) is 0.568. The number of aromatic nitrogens is 3. The van der Waals surface area contributed by atoms with Crippen LogP contribution in [0.3, 0.4) is 0 Å². The molecule has 6 nitrogen and oxygen atoms in total. The Morgan fingerprint density at radius 2 is 2.08 bits per heavy atom. The molecule has 126 valence electrons. The third kappa shape index (κ3) is 3.52. The molecule has 0 saturated heterocycles. The van der Waals surface area contributed by atoms with E-state index in [0.717, 1.165) is 23.5 Å². The zero-order valence-electron chi connectivity index (χ0n) is 13.9. The van der Waals surface area contributed by atoms with E-state index in [0.29, 0.717) is 12.5 Å². The zero-order chi connectivity index (χ0) is 17.1. The number of pyridine rings is 1. The molecule has 6 heteroatoms. The lowest BCUT2D eigenvalue weighted by Crippen LogP contribution is -2.22. The van der Waals surface area contributed by atoms with Gasteiger partial charge < -0.3 is 11.1 Å². The van der Waals surface area contributed by atoms with Crippen LogP contribution in [0.1, 0.15) is 23.1 Å². The topological polar surface area (TPSA) is 81.1 Å². The third-order valence-corrected chi connectivity index (χ3v) is 4.38. The lowest BCUT2D eigenvalue weighted by Gasteiger charge is -2.08. The minimum Gasteiger partial charge on any atom is -0.370 e. The lowest BCUT2D eigenvalue weighted by molar-refractivity contribution is 0.912. The Morgan fingerprint density at radius 1 is 1.16 bits per heavy atom. The van der Waals surface area contributed by atoms with Crippen LogP contribution in [0.2, 0.25) is 0 Å². The van der Waals surface area contributed by atoms with E-state index in [1.807, 2.05) is 22.9 Å². The number of guanidine groups is 1.